The van der Waals surface area contributed by atoms with Crippen molar-refractivity contribution in [3.63, 3.8) is 0 Å². The maximum atomic E-state index is 12.6. The summed E-state index contributed by atoms with van der Waals surface area (Å²) in [7, 11) is 1.72. The summed E-state index contributed by atoms with van der Waals surface area (Å²) < 4.78 is 0. The number of H-pyrrole nitrogens is 1. The molecule has 1 N–H and O–H groups in total. The molecule has 3 aromatic rings. The fourth-order valence-corrected chi connectivity index (χ4v) is 2.83. The van der Waals surface area contributed by atoms with E-state index in [-0.39, 0.29) is 18.0 Å². The first-order chi connectivity index (χ1) is 11.5. The first-order valence-corrected chi connectivity index (χ1v) is 7.89. The SMILES string of the molecule is Cc1ccc2[nH]c(=O)c(CN(C)C(=O)c3ccccc3C)cc2c1. The number of nitrogens with one attached hydrogen (secondary N) is 1. The molecule has 0 aliphatic heterocycles. The van der Waals surface area contributed by atoms with Crippen LogP contribution in [0.1, 0.15) is 27.0 Å². The van der Waals surface area contributed by atoms with Crippen LogP contribution in [-0.4, -0.2) is 22.8 Å². The zero-order chi connectivity index (χ0) is 17.3. The lowest BCUT2D eigenvalue weighted by molar-refractivity contribution is 0.0784. The lowest BCUT2D eigenvalue weighted by Gasteiger charge is -2.18. The normalized spacial score (nSPS) is 10.8. The van der Waals surface area contributed by atoms with Gasteiger partial charge >= 0.3 is 0 Å². The van der Waals surface area contributed by atoms with Gasteiger partial charge in [-0.25, -0.2) is 0 Å². The number of carbonyl (C=O) groups is 1. The average Bonchev–Trinajstić information content (AvgIpc) is 2.55. The first kappa shape index (κ1) is 16.0. The molecule has 0 aliphatic carbocycles. The molecule has 0 fully saturated rings. The van der Waals surface area contributed by atoms with Crippen molar-refractivity contribution in [1.29, 1.82) is 0 Å². The van der Waals surface area contributed by atoms with Crippen LogP contribution < -0.4 is 5.56 Å². The summed E-state index contributed by atoms with van der Waals surface area (Å²) in [5.74, 6) is -0.0863. The van der Waals surface area contributed by atoms with Gasteiger partial charge in [-0.15, -0.1) is 0 Å². The minimum atomic E-state index is -0.157. The Morgan fingerprint density at radius 1 is 1.08 bits per heavy atom. The smallest absolute Gasteiger partial charge is 0.254 e. The fraction of sp³-hybridized carbons (Fsp3) is 0.200. The zero-order valence-corrected chi connectivity index (χ0v) is 14.1. The molecule has 1 amide bonds. The van der Waals surface area contributed by atoms with E-state index in [1.54, 1.807) is 11.9 Å². The summed E-state index contributed by atoms with van der Waals surface area (Å²) in [6, 6.07) is 15.2. The standard InChI is InChI=1S/C20H20N2O2/c1-13-8-9-18-15(10-13)11-16(19(23)21-18)12-22(3)20(24)17-7-5-4-6-14(17)2/h4-11H,12H2,1-3H3,(H,21,23). The summed E-state index contributed by atoms with van der Waals surface area (Å²) in [6.45, 7) is 4.19. The van der Waals surface area contributed by atoms with Crippen molar-refractivity contribution in [3.8, 4) is 0 Å². The van der Waals surface area contributed by atoms with Gasteiger partial charge in [-0.05, 0) is 49.1 Å². The molecule has 1 aromatic heterocycles. The Labute approximate surface area is 140 Å². The Morgan fingerprint density at radius 3 is 2.58 bits per heavy atom. The van der Waals surface area contributed by atoms with Gasteiger partial charge < -0.3 is 9.88 Å². The number of hydrogen-bond donors (Lipinski definition) is 1. The summed E-state index contributed by atoms with van der Waals surface area (Å²) in [5.41, 5.74) is 3.95. The maximum absolute atomic E-state index is 12.6. The van der Waals surface area contributed by atoms with E-state index in [0.717, 1.165) is 22.0 Å². The van der Waals surface area contributed by atoms with E-state index in [4.69, 9.17) is 0 Å². The van der Waals surface area contributed by atoms with E-state index >= 15 is 0 Å². The number of pyridine rings is 1. The number of aromatic amines is 1. The Hall–Kier alpha value is -2.88. The Bertz CT molecular complexity index is 973. The molecule has 4 nitrogen and oxygen atoms in total. The molecule has 122 valence electrons. The van der Waals surface area contributed by atoms with Gasteiger partial charge in [-0.3, -0.25) is 9.59 Å². The van der Waals surface area contributed by atoms with Crippen molar-refractivity contribution < 1.29 is 4.79 Å². The van der Waals surface area contributed by atoms with Crippen molar-refractivity contribution in [3.05, 3.63) is 81.1 Å². The Balaban J connectivity index is 1.91. The third kappa shape index (κ3) is 3.08. The fourth-order valence-electron chi connectivity index (χ4n) is 2.83. The number of carbonyl (C=O) groups excluding carboxylic acids is 1. The van der Waals surface area contributed by atoms with E-state index in [1.165, 1.54) is 0 Å². The molecule has 0 spiro atoms. The van der Waals surface area contributed by atoms with Crippen LogP contribution in [0.15, 0.2) is 53.3 Å². The molecule has 2 aromatic carbocycles. The monoisotopic (exact) mass is 320 g/mol. The molecule has 0 bridgehead atoms. The quantitative estimate of drug-likeness (QED) is 0.804. The number of benzene rings is 2. The van der Waals surface area contributed by atoms with Crippen LogP contribution in [0, 0.1) is 13.8 Å². The molecule has 0 radical (unpaired) electrons. The molecule has 3 rings (SSSR count). The summed E-state index contributed by atoms with van der Waals surface area (Å²) in [5, 5.41) is 0.973. The van der Waals surface area contributed by atoms with Gasteiger partial charge in [-0.1, -0.05) is 29.8 Å². The van der Waals surface area contributed by atoms with Crippen molar-refractivity contribution >= 4 is 16.8 Å². The molecular weight excluding hydrogens is 300 g/mol. The molecule has 0 saturated heterocycles. The second-order valence-electron chi connectivity index (χ2n) is 6.19. The van der Waals surface area contributed by atoms with Crippen molar-refractivity contribution in [2.45, 2.75) is 20.4 Å². The number of fused-ring (bicyclic) bond motifs is 1. The minimum Gasteiger partial charge on any atom is -0.337 e. The second-order valence-corrected chi connectivity index (χ2v) is 6.19. The predicted molar refractivity (Wildman–Crippen MR) is 96.3 cm³/mol. The van der Waals surface area contributed by atoms with Crippen LogP contribution in [0.25, 0.3) is 10.9 Å². The van der Waals surface area contributed by atoms with E-state index in [9.17, 15) is 9.59 Å². The lowest BCUT2D eigenvalue weighted by atomic mass is 10.1. The molecule has 4 heteroatoms. The molecule has 1 heterocycles. The number of rotatable bonds is 3. The number of nitrogens with zero attached hydrogens (tertiary/aromatic N) is 1. The Kier molecular flexibility index (Phi) is 4.21. The zero-order valence-electron chi connectivity index (χ0n) is 14.1. The van der Waals surface area contributed by atoms with Gasteiger partial charge in [0.15, 0.2) is 0 Å². The van der Waals surface area contributed by atoms with Gasteiger partial charge in [0.1, 0.15) is 0 Å². The lowest BCUT2D eigenvalue weighted by Crippen LogP contribution is -2.29. The molecule has 24 heavy (non-hydrogen) atoms. The molecule has 0 saturated carbocycles. The van der Waals surface area contributed by atoms with E-state index in [2.05, 4.69) is 4.98 Å². The first-order valence-electron chi connectivity index (χ1n) is 7.89. The highest BCUT2D eigenvalue weighted by molar-refractivity contribution is 5.95. The second kappa shape index (κ2) is 6.32. The van der Waals surface area contributed by atoms with E-state index < -0.39 is 0 Å². The highest BCUT2D eigenvalue weighted by atomic mass is 16.2. The van der Waals surface area contributed by atoms with E-state index in [1.807, 2.05) is 62.4 Å². The summed E-state index contributed by atoms with van der Waals surface area (Å²) >= 11 is 0. The van der Waals surface area contributed by atoms with E-state index in [0.29, 0.717) is 11.1 Å². The highest BCUT2D eigenvalue weighted by Gasteiger charge is 2.15. The van der Waals surface area contributed by atoms with Crippen LogP contribution in [0.5, 0.6) is 0 Å². The van der Waals surface area contributed by atoms with Gasteiger partial charge in [0, 0.05) is 23.7 Å². The van der Waals surface area contributed by atoms with Gasteiger partial charge in [0.05, 0.1) is 6.54 Å². The highest BCUT2D eigenvalue weighted by Crippen LogP contribution is 2.15. The van der Waals surface area contributed by atoms with Gasteiger partial charge in [0.25, 0.3) is 11.5 Å². The third-order valence-electron chi connectivity index (χ3n) is 4.21. The molecule has 0 atom stereocenters. The van der Waals surface area contributed by atoms with Crippen LogP contribution in [-0.2, 0) is 6.54 Å². The summed E-state index contributed by atoms with van der Waals surface area (Å²) in [4.78, 5) is 29.4. The number of hydrogen-bond acceptors (Lipinski definition) is 2. The van der Waals surface area contributed by atoms with Gasteiger partial charge in [-0.2, -0.15) is 0 Å². The Morgan fingerprint density at radius 2 is 1.83 bits per heavy atom. The molecule has 0 unspecified atom stereocenters. The number of amides is 1. The largest absolute Gasteiger partial charge is 0.337 e. The topological polar surface area (TPSA) is 53.2 Å². The number of aryl methyl sites for hydroxylation is 2. The molecular formula is C20H20N2O2. The van der Waals surface area contributed by atoms with Crippen LogP contribution in [0.2, 0.25) is 0 Å². The van der Waals surface area contributed by atoms with Crippen LogP contribution >= 0.6 is 0 Å². The predicted octanol–water partition coefficient (Wildman–Crippen LogP) is 3.42. The summed E-state index contributed by atoms with van der Waals surface area (Å²) in [6.07, 6.45) is 0. The van der Waals surface area contributed by atoms with Crippen molar-refractivity contribution in [1.82, 2.24) is 9.88 Å². The minimum absolute atomic E-state index is 0.0863. The maximum Gasteiger partial charge on any atom is 0.254 e. The van der Waals surface area contributed by atoms with Crippen molar-refractivity contribution in [2.75, 3.05) is 7.05 Å². The van der Waals surface area contributed by atoms with Crippen LogP contribution in [0.3, 0.4) is 0 Å². The van der Waals surface area contributed by atoms with Crippen molar-refractivity contribution in [2.24, 2.45) is 0 Å². The number of aromatic nitrogens is 1. The van der Waals surface area contributed by atoms with Gasteiger partial charge in [0.2, 0.25) is 0 Å². The average molecular weight is 320 g/mol. The third-order valence-corrected chi connectivity index (χ3v) is 4.21. The van der Waals surface area contributed by atoms with Crippen LogP contribution in [0.4, 0.5) is 0 Å². The molecule has 0 aliphatic rings.